The molecule has 2 aliphatic carbocycles. The van der Waals surface area contributed by atoms with Crippen molar-refractivity contribution in [3.8, 4) is 0 Å². The Morgan fingerprint density at radius 1 is 1.09 bits per heavy atom. The molecular formula is C17H22N2O3S. The maximum Gasteiger partial charge on any atom is 0.240 e. The van der Waals surface area contributed by atoms with Crippen molar-refractivity contribution in [1.82, 2.24) is 4.72 Å². The SMILES string of the molecule is O=C1CCCN1c1ccc(S(=O)(=O)N[C@@H]2C[C@H]3CC[C@H]2C3)cc1. The van der Waals surface area contributed by atoms with Gasteiger partial charge >= 0.3 is 0 Å². The van der Waals surface area contributed by atoms with Crippen LogP contribution in [-0.2, 0) is 14.8 Å². The molecule has 3 aliphatic rings. The van der Waals surface area contributed by atoms with Crippen LogP contribution in [0.15, 0.2) is 29.2 Å². The summed E-state index contributed by atoms with van der Waals surface area (Å²) in [6, 6.07) is 6.78. The van der Waals surface area contributed by atoms with E-state index in [1.54, 1.807) is 29.2 Å². The first kappa shape index (κ1) is 15.1. The molecule has 124 valence electrons. The number of rotatable bonds is 4. The zero-order valence-corrected chi connectivity index (χ0v) is 13.9. The van der Waals surface area contributed by atoms with Crippen LogP contribution in [0.2, 0.25) is 0 Å². The van der Waals surface area contributed by atoms with Crippen molar-refractivity contribution in [2.45, 2.75) is 49.5 Å². The van der Waals surface area contributed by atoms with Gasteiger partial charge in [-0.25, -0.2) is 13.1 Å². The van der Waals surface area contributed by atoms with E-state index in [0.717, 1.165) is 24.9 Å². The van der Waals surface area contributed by atoms with Gasteiger partial charge in [0.25, 0.3) is 0 Å². The maximum atomic E-state index is 12.6. The van der Waals surface area contributed by atoms with Gasteiger partial charge in [0.15, 0.2) is 0 Å². The number of nitrogens with zero attached hydrogens (tertiary/aromatic N) is 1. The van der Waals surface area contributed by atoms with Gasteiger partial charge in [0.05, 0.1) is 4.90 Å². The second-order valence-electron chi connectivity index (χ2n) is 7.05. The third kappa shape index (κ3) is 2.78. The lowest BCUT2D eigenvalue weighted by atomic mass is 9.96. The van der Waals surface area contributed by atoms with E-state index in [1.807, 2.05) is 0 Å². The molecule has 3 atom stereocenters. The van der Waals surface area contributed by atoms with E-state index in [2.05, 4.69) is 4.72 Å². The highest BCUT2D eigenvalue weighted by Gasteiger charge is 2.41. The van der Waals surface area contributed by atoms with E-state index in [4.69, 9.17) is 0 Å². The normalized spacial score (nSPS) is 30.3. The minimum Gasteiger partial charge on any atom is -0.312 e. The molecule has 2 saturated carbocycles. The highest BCUT2D eigenvalue weighted by atomic mass is 32.2. The van der Waals surface area contributed by atoms with Gasteiger partial charge in [-0.15, -0.1) is 0 Å². The minimum absolute atomic E-state index is 0.0959. The number of carbonyl (C=O) groups is 1. The van der Waals surface area contributed by atoms with Gasteiger partial charge in [0, 0.05) is 24.7 Å². The number of amides is 1. The zero-order chi connectivity index (χ0) is 16.0. The lowest BCUT2D eigenvalue weighted by Gasteiger charge is -2.23. The molecule has 1 saturated heterocycles. The van der Waals surface area contributed by atoms with Crippen molar-refractivity contribution in [3.05, 3.63) is 24.3 Å². The van der Waals surface area contributed by atoms with Gasteiger partial charge < -0.3 is 4.90 Å². The first-order valence-corrected chi connectivity index (χ1v) is 9.94. The summed E-state index contributed by atoms with van der Waals surface area (Å²) in [5.74, 6) is 1.33. The molecule has 1 heterocycles. The Morgan fingerprint density at radius 3 is 2.43 bits per heavy atom. The van der Waals surface area contributed by atoms with Crippen LogP contribution in [0.3, 0.4) is 0 Å². The third-order valence-corrected chi connectivity index (χ3v) is 7.08. The second kappa shape index (κ2) is 5.60. The fraction of sp³-hybridized carbons (Fsp3) is 0.588. The van der Waals surface area contributed by atoms with E-state index < -0.39 is 10.0 Å². The Labute approximate surface area is 137 Å². The van der Waals surface area contributed by atoms with E-state index in [-0.39, 0.29) is 16.8 Å². The number of sulfonamides is 1. The second-order valence-corrected chi connectivity index (χ2v) is 8.76. The number of fused-ring (bicyclic) bond motifs is 2. The highest BCUT2D eigenvalue weighted by Crippen LogP contribution is 2.44. The van der Waals surface area contributed by atoms with Crippen LogP contribution in [-0.4, -0.2) is 26.9 Å². The molecule has 1 aliphatic heterocycles. The molecule has 2 bridgehead atoms. The van der Waals surface area contributed by atoms with E-state index in [0.29, 0.717) is 24.8 Å². The summed E-state index contributed by atoms with van der Waals surface area (Å²) in [6.07, 6.45) is 5.99. The van der Waals surface area contributed by atoms with Crippen LogP contribution >= 0.6 is 0 Å². The molecule has 0 spiro atoms. The fourth-order valence-corrected chi connectivity index (χ4v) is 5.70. The monoisotopic (exact) mass is 334 g/mol. The van der Waals surface area contributed by atoms with Crippen LogP contribution in [0, 0.1) is 11.8 Å². The van der Waals surface area contributed by atoms with Crippen molar-refractivity contribution >= 4 is 21.6 Å². The standard InChI is InChI=1S/C17H22N2O3S/c20-17-2-1-9-19(17)14-5-7-15(8-6-14)23(21,22)18-16-11-12-3-4-13(16)10-12/h5-8,12-13,16,18H,1-4,9-11H2/t12-,13-,16+/m0/s1. The van der Waals surface area contributed by atoms with Crippen LogP contribution in [0.1, 0.15) is 38.5 Å². The number of hydrogen-bond donors (Lipinski definition) is 1. The molecule has 23 heavy (non-hydrogen) atoms. The molecule has 5 nitrogen and oxygen atoms in total. The predicted octanol–water partition coefficient (Wildman–Crippen LogP) is 2.28. The fourth-order valence-electron chi connectivity index (χ4n) is 4.38. The van der Waals surface area contributed by atoms with Gasteiger partial charge in [-0.3, -0.25) is 4.79 Å². The molecule has 0 unspecified atom stereocenters. The zero-order valence-electron chi connectivity index (χ0n) is 13.1. The first-order valence-electron chi connectivity index (χ1n) is 8.46. The van der Waals surface area contributed by atoms with Crippen LogP contribution in [0.25, 0.3) is 0 Å². The number of hydrogen-bond acceptors (Lipinski definition) is 3. The molecule has 0 radical (unpaired) electrons. The van der Waals surface area contributed by atoms with E-state index >= 15 is 0 Å². The molecule has 4 rings (SSSR count). The molecule has 6 heteroatoms. The Morgan fingerprint density at radius 2 is 1.87 bits per heavy atom. The minimum atomic E-state index is -3.47. The van der Waals surface area contributed by atoms with Gasteiger partial charge in [-0.05, 0) is 61.8 Å². The topological polar surface area (TPSA) is 66.5 Å². The molecule has 0 aromatic heterocycles. The van der Waals surface area contributed by atoms with Crippen molar-refractivity contribution in [2.75, 3.05) is 11.4 Å². The lowest BCUT2D eigenvalue weighted by Crippen LogP contribution is -2.38. The van der Waals surface area contributed by atoms with E-state index in [1.165, 1.54) is 12.8 Å². The van der Waals surface area contributed by atoms with Crippen molar-refractivity contribution in [1.29, 1.82) is 0 Å². The van der Waals surface area contributed by atoms with Gasteiger partial charge in [0.1, 0.15) is 0 Å². The Kier molecular flexibility index (Phi) is 3.69. The summed E-state index contributed by atoms with van der Waals surface area (Å²) in [6.45, 7) is 0.717. The smallest absolute Gasteiger partial charge is 0.240 e. The summed E-state index contributed by atoms with van der Waals surface area (Å²) in [7, 11) is -3.47. The van der Waals surface area contributed by atoms with Gasteiger partial charge in [-0.2, -0.15) is 0 Å². The average molecular weight is 334 g/mol. The van der Waals surface area contributed by atoms with E-state index in [9.17, 15) is 13.2 Å². The molecule has 1 aromatic carbocycles. The van der Waals surface area contributed by atoms with Crippen molar-refractivity contribution < 1.29 is 13.2 Å². The number of benzene rings is 1. The van der Waals surface area contributed by atoms with Crippen LogP contribution < -0.4 is 9.62 Å². The molecule has 1 aromatic rings. The Hall–Kier alpha value is -1.40. The summed E-state index contributed by atoms with van der Waals surface area (Å²) in [5, 5.41) is 0. The van der Waals surface area contributed by atoms with Gasteiger partial charge in [-0.1, -0.05) is 6.42 Å². The van der Waals surface area contributed by atoms with Crippen LogP contribution in [0.4, 0.5) is 5.69 Å². The summed E-state index contributed by atoms with van der Waals surface area (Å²) >= 11 is 0. The first-order chi connectivity index (χ1) is 11.0. The van der Waals surface area contributed by atoms with Crippen molar-refractivity contribution in [2.24, 2.45) is 11.8 Å². The Bertz CT molecular complexity index is 714. The number of anilines is 1. The number of nitrogens with one attached hydrogen (secondary N) is 1. The largest absolute Gasteiger partial charge is 0.312 e. The maximum absolute atomic E-state index is 12.6. The quantitative estimate of drug-likeness (QED) is 0.918. The summed E-state index contributed by atoms with van der Waals surface area (Å²) in [4.78, 5) is 13.8. The van der Waals surface area contributed by atoms with Crippen LogP contribution in [0.5, 0.6) is 0 Å². The highest BCUT2D eigenvalue weighted by molar-refractivity contribution is 7.89. The Balaban J connectivity index is 1.49. The van der Waals surface area contributed by atoms with Gasteiger partial charge in [0.2, 0.25) is 15.9 Å². The van der Waals surface area contributed by atoms with Crippen molar-refractivity contribution in [3.63, 3.8) is 0 Å². The molecule has 1 N–H and O–H groups in total. The average Bonchev–Trinajstić information content (AvgIpc) is 3.23. The molecular weight excluding hydrogens is 312 g/mol. The molecule has 1 amide bonds. The summed E-state index contributed by atoms with van der Waals surface area (Å²) < 4.78 is 28.0. The number of carbonyl (C=O) groups excluding carboxylic acids is 1. The summed E-state index contributed by atoms with van der Waals surface area (Å²) in [5.41, 5.74) is 0.784. The lowest BCUT2D eigenvalue weighted by molar-refractivity contribution is -0.117. The third-order valence-electron chi connectivity index (χ3n) is 5.58. The molecule has 3 fully saturated rings. The predicted molar refractivity (Wildman–Crippen MR) is 87.6 cm³/mol.